The molecular formula is C10H20N2O4. The number of nitrogens with one attached hydrogen (secondary N) is 2. The third-order valence-electron chi connectivity index (χ3n) is 1.58. The largest absolute Gasteiger partial charge is 0.467 e. The van der Waals surface area contributed by atoms with Crippen LogP contribution in [0.3, 0.4) is 0 Å². The van der Waals surface area contributed by atoms with Crippen LogP contribution in [0.15, 0.2) is 0 Å². The van der Waals surface area contributed by atoms with Crippen LogP contribution in [0.5, 0.6) is 0 Å². The number of methoxy groups -OCH3 is 1. The van der Waals surface area contributed by atoms with Gasteiger partial charge >= 0.3 is 12.1 Å². The van der Waals surface area contributed by atoms with Crippen molar-refractivity contribution in [1.29, 1.82) is 0 Å². The second kappa shape index (κ2) is 6.32. The van der Waals surface area contributed by atoms with Crippen molar-refractivity contribution in [3.63, 3.8) is 0 Å². The second-order valence-corrected chi connectivity index (χ2v) is 4.28. The Kier molecular flexibility index (Phi) is 5.81. The van der Waals surface area contributed by atoms with Crippen LogP contribution in [0.1, 0.15) is 20.8 Å². The van der Waals surface area contributed by atoms with Gasteiger partial charge in [0.2, 0.25) is 0 Å². The van der Waals surface area contributed by atoms with E-state index in [4.69, 9.17) is 4.74 Å². The number of likely N-dealkylation sites (N-methyl/N-ethyl adjacent to an activating group) is 1. The molecule has 0 aliphatic rings. The predicted molar refractivity (Wildman–Crippen MR) is 59.1 cm³/mol. The molecule has 0 aliphatic heterocycles. The number of ether oxygens (including phenoxy) is 2. The van der Waals surface area contributed by atoms with Crippen molar-refractivity contribution >= 4 is 12.1 Å². The van der Waals surface area contributed by atoms with Gasteiger partial charge in [-0.2, -0.15) is 0 Å². The minimum absolute atomic E-state index is 0.284. The zero-order valence-electron chi connectivity index (χ0n) is 10.4. The fourth-order valence-corrected chi connectivity index (χ4v) is 0.989. The Bertz CT molecular complexity index is 248. The first-order valence-electron chi connectivity index (χ1n) is 5.02. The Hall–Kier alpha value is -1.30. The zero-order chi connectivity index (χ0) is 12.8. The molecule has 0 bridgehead atoms. The number of esters is 1. The van der Waals surface area contributed by atoms with E-state index in [0.29, 0.717) is 0 Å². The van der Waals surface area contributed by atoms with E-state index in [1.165, 1.54) is 7.11 Å². The van der Waals surface area contributed by atoms with Crippen molar-refractivity contribution < 1.29 is 19.1 Å². The van der Waals surface area contributed by atoms with Gasteiger partial charge in [-0.1, -0.05) is 0 Å². The molecule has 1 atom stereocenters. The van der Waals surface area contributed by atoms with Crippen LogP contribution >= 0.6 is 0 Å². The first-order chi connectivity index (χ1) is 7.30. The number of carbonyl (C=O) groups excluding carboxylic acids is 2. The summed E-state index contributed by atoms with van der Waals surface area (Å²) in [5.74, 6) is -0.514. The highest BCUT2D eigenvalue weighted by atomic mass is 16.6. The maximum Gasteiger partial charge on any atom is 0.408 e. The van der Waals surface area contributed by atoms with Crippen molar-refractivity contribution in [2.75, 3.05) is 20.7 Å². The van der Waals surface area contributed by atoms with Gasteiger partial charge in [0, 0.05) is 6.54 Å². The summed E-state index contributed by atoms with van der Waals surface area (Å²) in [5.41, 5.74) is -0.593. The number of hydrogen-bond acceptors (Lipinski definition) is 5. The van der Waals surface area contributed by atoms with Crippen LogP contribution in [0.4, 0.5) is 4.79 Å². The van der Waals surface area contributed by atoms with Crippen molar-refractivity contribution in [2.45, 2.75) is 32.4 Å². The van der Waals surface area contributed by atoms with E-state index in [2.05, 4.69) is 15.4 Å². The van der Waals surface area contributed by atoms with Gasteiger partial charge in [0.1, 0.15) is 11.6 Å². The van der Waals surface area contributed by atoms with E-state index >= 15 is 0 Å². The van der Waals surface area contributed by atoms with Gasteiger partial charge in [-0.05, 0) is 27.8 Å². The highest BCUT2D eigenvalue weighted by Crippen LogP contribution is 2.06. The molecule has 0 saturated carbocycles. The van der Waals surface area contributed by atoms with Crippen LogP contribution in [-0.2, 0) is 14.3 Å². The van der Waals surface area contributed by atoms with E-state index in [1.807, 2.05) is 0 Å². The van der Waals surface area contributed by atoms with Gasteiger partial charge in [-0.15, -0.1) is 0 Å². The molecule has 0 spiro atoms. The van der Waals surface area contributed by atoms with Gasteiger partial charge in [0.05, 0.1) is 7.11 Å². The van der Waals surface area contributed by atoms with Crippen LogP contribution in [-0.4, -0.2) is 44.4 Å². The number of rotatable bonds is 4. The summed E-state index contributed by atoms with van der Waals surface area (Å²) in [5, 5.41) is 5.21. The monoisotopic (exact) mass is 232 g/mol. The lowest BCUT2D eigenvalue weighted by molar-refractivity contribution is -0.143. The van der Waals surface area contributed by atoms with Gasteiger partial charge < -0.3 is 20.1 Å². The molecule has 6 heteroatoms. The predicted octanol–water partition coefficient (Wildman–Crippen LogP) is 0.272. The number of carbonyl (C=O) groups is 2. The molecule has 0 fully saturated rings. The van der Waals surface area contributed by atoms with Crippen molar-refractivity contribution in [2.24, 2.45) is 0 Å². The Balaban J connectivity index is 4.29. The quantitative estimate of drug-likeness (QED) is 0.680. The van der Waals surface area contributed by atoms with Crippen molar-refractivity contribution in [3.05, 3.63) is 0 Å². The average molecular weight is 232 g/mol. The molecule has 16 heavy (non-hydrogen) atoms. The molecule has 0 aromatic carbocycles. The lowest BCUT2D eigenvalue weighted by Crippen LogP contribution is -2.48. The Morgan fingerprint density at radius 3 is 2.25 bits per heavy atom. The summed E-state index contributed by atoms with van der Waals surface area (Å²) in [6.07, 6.45) is -0.641. The molecule has 2 N–H and O–H groups in total. The fraction of sp³-hybridized carbons (Fsp3) is 0.800. The summed E-state index contributed by atoms with van der Waals surface area (Å²) in [6.45, 7) is 5.53. The fourth-order valence-electron chi connectivity index (χ4n) is 0.989. The first-order valence-corrected chi connectivity index (χ1v) is 5.02. The molecule has 6 nitrogen and oxygen atoms in total. The summed E-state index contributed by atoms with van der Waals surface area (Å²) >= 11 is 0. The van der Waals surface area contributed by atoms with Crippen LogP contribution in [0.2, 0.25) is 0 Å². The van der Waals surface area contributed by atoms with E-state index in [1.54, 1.807) is 27.8 Å². The van der Waals surface area contributed by atoms with Gasteiger partial charge in [0.25, 0.3) is 0 Å². The molecule has 0 saturated heterocycles. The second-order valence-electron chi connectivity index (χ2n) is 4.28. The Morgan fingerprint density at radius 2 is 1.88 bits per heavy atom. The molecule has 0 aromatic rings. The minimum Gasteiger partial charge on any atom is -0.467 e. The van der Waals surface area contributed by atoms with Crippen LogP contribution in [0.25, 0.3) is 0 Å². The topological polar surface area (TPSA) is 76.7 Å². The summed E-state index contributed by atoms with van der Waals surface area (Å²) in [4.78, 5) is 22.7. The SMILES string of the molecule is CNCC(NC(=O)OC(C)(C)C)C(=O)OC. The lowest BCUT2D eigenvalue weighted by Gasteiger charge is -2.22. The Labute approximate surface area is 95.7 Å². The highest BCUT2D eigenvalue weighted by molar-refractivity contribution is 5.81. The number of hydrogen-bond donors (Lipinski definition) is 2. The molecule has 0 aliphatic carbocycles. The summed E-state index contributed by atoms with van der Waals surface area (Å²) < 4.78 is 9.57. The third kappa shape index (κ3) is 6.23. The normalized spacial score (nSPS) is 12.8. The number of alkyl carbamates (subject to hydrolysis) is 1. The maximum atomic E-state index is 11.4. The van der Waals surface area contributed by atoms with E-state index in [0.717, 1.165) is 0 Å². The lowest BCUT2D eigenvalue weighted by atomic mass is 10.2. The first kappa shape index (κ1) is 14.7. The van der Waals surface area contributed by atoms with E-state index < -0.39 is 23.7 Å². The van der Waals surface area contributed by atoms with Crippen LogP contribution < -0.4 is 10.6 Å². The molecule has 1 unspecified atom stereocenters. The molecule has 94 valence electrons. The molecule has 0 rings (SSSR count). The molecule has 0 aromatic heterocycles. The van der Waals surface area contributed by atoms with Crippen molar-refractivity contribution in [3.8, 4) is 0 Å². The van der Waals surface area contributed by atoms with Gasteiger partial charge in [0.15, 0.2) is 0 Å². The zero-order valence-corrected chi connectivity index (χ0v) is 10.4. The summed E-state index contributed by atoms with van der Waals surface area (Å²) in [7, 11) is 2.94. The molecule has 0 radical (unpaired) electrons. The number of amides is 1. The van der Waals surface area contributed by atoms with Crippen LogP contribution in [0, 0.1) is 0 Å². The average Bonchev–Trinajstić information content (AvgIpc) is 2.13. The van der Waals surface area contributed by atoms with Gasteiger partial charge in [-0.25, -0.2) is 9.59 Å². The van der Waals surface area contributed by atoms with Crippen molar-refractivity contribution in [1.82, 2.24) is 10.6 Å². The Morgan fingerprint density at radius 1 is 1.31 bits per heavy atom. The minimum atomic E-state index is -0.746. The van der Waals surface area contributed by atoms with Gasteiger partial charge in [-0.3, -0.25) is 0 Å². The smallest absolute Gasteiger partial charge is 0.408 e. The third-order valence-corrected chi connectivity index (χ3v) is 1.58. The van der Waals surface area contributed by atoms with E-state index in [9.17, 15) is 9.59 Å². The molecular weight excluding hydrogens is 212 g/mol. The maximum absolute atomic E-state index is 11.4. The highest BCUT2D eigenvalue weighted by Gasteiger charge is 2.24. The molecule has 0 heterocycles. The van der Waals surface area contributed by atoms with E-state index in [-0.39, 0.29) is 6.54 Å². The standard InChI is InChI=1S/C10H20N2O4/c1-10(2,3)16-9(14)12-7(6-11-4)8(13)15-5/h7,11H,6H2,1-5H3,(H,12,14). The summed E-state index contributed by atoms with van der Waals surface area (Å²) in [6, 6.07) is -0.746. The molecule has 1 amide bonds.